The van der Waals surface area contributed by atoms with Crippen molar-refractivity contribution >= 4 is 11.4 Å². The number of rotatable bonds is 8. The van der Waals surface area contributed by atoms with Crippen LogP contribution in [-0.2, 0) is 0 Å². The minimum atomic E-state index is -0.402. The summed E-state index contributed by atoms with van der Waals surface area (Å²) in [6, 6.07) is 0. The summed E-state index contributed by atoms with van der Waals surface area (Å²) in [5.41, 5.74) is 0.108. The molecule has 0 unspecified atom stereocenters. The van der Waals surface area contributed by atoms with E-state index in [9.17, 15) is 9.59 Å². The van der Waals surface area contributed by atoms with Gasteiger partial charge in [0.2, 0.25) is 0 Å². The third kappa shape index (κ3) is 3.84. The Bertz CT molecular complexity index is 403. The third-order valence-corrected chi connectivity index (χ3v) is 2.79. The molecule has 2 N–H and O–H groups in total. The molecule has 0 fully saturated rings. The molecule has 0 heterocycles. The lowest BCUT2D eigenvalue weighted by Gasteiger charge is -2.16. The molecule has 0 aliphatic rings. The highest BCUT2D eigenvalue weighted by atomic mass is 16.2. The van der Waals surface area contributed by atoms with E-state index in [0.717, 1.165) is 19.5 Å². The average Bonchev–Trinajstić information content (AvgIpc) is 2.30. The zero-order chi connectivity index (χ0) is 13.7. The quantitative estimate of drug-likeness (QED) is 0.668. The minimum Gasteiger partial charge on any atom is -0.380 e. The highest BCUT2D eigenvalue weighted by molar-refractivity contribution is 5.73. The number of hydrogen-bond acceptors (Lipinski definition) is 5. The number of anilines is 2. The molecule has 1 rings (SSSR count). The monoisotopic (exact) mass is 253 g/mol. The fraction of sp³-hybridized carbons (Fsp3) is 0.692. The summed E-state index contributed by atoms with van der Waals surface area (Å²) < 4.78 is 0. The molecule has 18 heavy (non-hydrogen) atoms. The first kappa shape index (κ1) is 14.7. The third-order valence-electron chi connectivity index (χ3n) is 2.79. The molecule has 0 saturated heterocycles. The van der Waals surface area contributed by atoms with Crippen molar-refractivity contribution in [2.75, 3.05) is 44.4 Å². The molecule has 0 aromatic heterocycles. The number of nitrogens with one attached hydrogen (secondary N) is 2. The van der Waals surface area contributed by atoms with Gasteiger partial charge in [0.1, 0.15) is 11.4 Å². The van der Waals surface area contributed by atoms with E-state index in [1.165, 1.54) is 0 Å². The average molecular weight is 253 g/mol. The summed E-state index contributed by atoms with van der Waals surface area (Å²) in [7, 11) is 3.93. The second kappa shape index (κ2) is 6.54. The van der Waals surface area contributed by atoms with E-state index in [0.29, 0.717) is 23.8 Å². The van der Waals surface area contributed by atoms with Gasteiger partial charge in [-0.1, -0.05) is 13.8 Å². The van der Waals surface area contributed by atoms with Gasteiger partial charge in [-0.15, -0.1) is 0 Å². The van der Waals surface area contributed by atoms with Gasteiger partial charge in [0.05, 0.1) is 0 Å². The van der Waals surface area contributed by atoms with E-state index in [-0.39, 0.29) is 0 Å². The molecule has 0 bridgehead atoms. The van der Waals surface area contributed by atoms with E-state index in [4.69, 9.17) is 0 Å². The van der Waals surface area contributed by atoms with Crippen molar-refractivity contribution in [2.24, 2.45) is 5.92 Å². The van der Waals surface area contributed by atoms with Crippen LogP contribution in [0.5, 0.6) is 0 Å². The predicted octanol–water partition coefficient (Wildman–Crippen LogP) is 0.714. The topological polar surface area (TPSA) is 61.4 Å². The maximum Gasteiger partial charge on any atom is 0.253 e. The summed E-state index contributed by atoms with van der Waals surface area (Å²) in [5.74, 6) is 0.578. The van der Waals surface area contributed by atoms with E-state index < -0.39 is 10.9 Å². The summed E-state index contributed by atoms with van der Waals surface area (Å²) in [6.07, 6.45) is 0.982. The normalized spacial score (nSPS) is 11.4. The van der Waals surface area contributed by atoms with Crippen LogP contribution in [0, 0.1) is 5.92 Å². The van der Waals surface area contributed by atoms with E-state index in [1.54, 1.807) is 0 Å². The first-order valence-corrected chi connectivity index (χ1v) is 6.39. The Morgan fingerprint density at radius 1 is 1.00 bits per heavy atom. The molecule has 102 valence electrons. The summed E-state index contributed by atoms with van der Waals surface area (Å²) in [6.45, 7) is 6.46. The molecule has 5 heteroatoms. The van der Waals surface area contributed by atoms with Crippen LogP contribution in [0.3, 0.4) is 0 Å². The SMILES string of the molecule is CC(C)CCNc1c(NCCN(C)C)c(=O)c1=O. The highest BCUT2D eigenvalue weighted by Crippen LogP contribution is 2.14. The summed E-state index contributed by atoms with van der Waals surface area (Å²) in [5, 5.41) is 6.08. The Hall–Kier alpha value is -1.36. The molecule has 0 amide bonds. The number of nitrogens with zero attached hydrogens (tertiary/aromatic N) is 1. The molecule has 1 aromatic carbocycles. The number of likely N-dealkylation sites (N-methyl/N-ethyl adjacent to an activating group) is 1. The van der Waals surface area contributed by atoms with Crippen molar-refractivity contribution < 1.29 is 0 Å². The largest absolute Gasteiger partial charge is 0.380 e. The molecule has 0 atom stereocenters. The molecule has 1 aromatic rings. The van der Waals surface area contributed by atoms with Gasteiger partial charge in [0.25, 0.3) is 10.9 Å². The van der Waals surface area contributed by atoms with Crippen LogP contribution in [0.15, 0.2) is 9.59 Å². The minimum absolute atomic E-state index is 0.397. The second-order valence-electron chi connectivity index (χ2n) is 5.25. The van der Waals surface area contributed by atoms with E-state index in [2.05, 4.69) is 24.5 Å². The molecule has 0 spiro atoms. The van der Waals surface area contributed by atoms with E-state index in [1.807, 2.05) is 19.0 Å². The standard InChI is InChI=1S/C13H23N3O2/c1-9(2)5-6-14-10-11(13(18)12(10)17)15-7-8-16(3)4/h9,14-15H,5-8H2,1-4H3. The van der Waals surface area contributed by atoms with Gasteiger partial charge in [-0.3, -0.25) is 9.59 Å². The van der Waals surface area contributed by atoms with Gasteiger partial charge in [-0.25, -0.2) is 0 Å². The molecule has 0 radical (unpaired) electrons. The van der Waals surface area contributed by atoms with Gasteiger partial charge >= 0.3 is 0 Å². The predicted molar refractivity (Wildman–Crippen MR) is 76.3 cm³/mol. The van der Waals surface area contributed by atoms with Crippen molar-refractivity contribution in [3.8, 4) is 0 Å². The fourth-order valence-electron chi connectivity index (χ4n) is 1.62. The van der Waals surface area contributed by atoms with Crippen LogP contribution >= 0.6 is 0 Å². The molecule has 0 aliphatic carbocycles. The highest BCUT2D eigenvalue weighted by Gasteiger charge is 2.19. The lowest BCUT2D eigenvalue weighted by atomic mass is 10.1. The maximum absolute atomic E-state index is 11.4. The van der Waals surface area contributed by atoms with Crippen molar-refractivity contribution in [1.82, 2.24) is 4.90 Å². The molecule has 5 nitrogen and oxygen atoms in total. The first-order valence-electron chi connectivity index (χ1n) is 6.39. The van der Waals surface area contributed by atoms with Gasteiger partial charge < -0.3 is 15.5 Å². The molecule has 0 saturated carbocycles. The van der Waals surface area contributed by atoms with Gasteiger partial charge in [0.15, 0.2) is 0 Å². The summed E-state index contributed by atoms with van der Waals surface area (Å²) >= 11 is 0. The lowest BCUT2D eigenvalue weighted by molar-refractivity contribution is 0.425. The molecule has 0 aliphatic heterocycles. The van der Waals surface area contributed by atoms with Crippen LogP contribution in [0.25, 0.3) is 0 Å². The van der Waals surface area contributed by atoms with Crippen LogP contribution in [0.4, 0.5) is 11.4 Å². The molecular formula is C13H23N3O2. The Balaban J connectivity index is 2.50. The fourth-order valence-corrected chi connectivity index (χ4v) is 1.62. The van der Waals surface area contributed by atoms with Crippen LogP contribution < -0.4 is 21.5 Å². The van der Waals surface area contributed by atoms with Crippen LogP contribution in [0.2, 0.25) is 0 Å². The van der Waals surface area contributed by atoms with Gasteiger partial charge in [-0.05, 0) is 26.4 Å². The Morgan fingerprint density at radius 2 is 1.50 bits per heavy atom. The maximum atomic E-state index is 11.4. The second-order valence-corrected chi connectivity index (χ2v) is 5.25. The van der Waals surface area contributed by atoms with Gasteiger partial charge in [0, 0.05) is 19.6 Å². The molecular weight excluding hydrogens is 230 g/mol. The number of hydrogen-bond donors (Lipinski definition) is 2. The Labute approximate surface area is 108 Å². The Kier molecular flexibility index (Phi) is 5.34. The van der Waals surface area contributed by atoms with Crippen LogP contribution in [-0.4, -0.2) is 38.6 Å². The van der Waals surface area contributed by atoms with E-state index >= 15 is 0 Å². The van der Waals surface area contributed by atoms with Crippen molar-refractivity contribution in [3.63, 3.8) is 0 Å². The first-order chi connectivity index (χ1) is 8.43. The summed E-state index contributed by atoms with van der Waals surface area (Å²) in [4.78, 5) is 24.9. The van der Waals surface area contributed by atoms with Crippen molar-refractivity contribution in [1.29, 1.82) is 0 Å². The van der Waals surface area contributed by atoms with Crippen molar-refractivity contribution in [3.05, 3.63) is 20.4 Å². The zero-order valence-electron chi connectivity index (χ0n) is 11.7. The Morgan fingerprint density at radius 3 is 1.94 bits per heavy atom. The smallest absolute Gasteiger partial charge is 0.253 e. The van der Waals surface area contributed by atoms with Gasteiger partial charge in [-0.2, -0.15) is 0 Å². The zero-order valence-corrected chi connectivity index (χ0v) is 11.7. The van der Waals surface area contributed by atoms with Crippen molar-refractivity contribution in [2.45, 2.75) is 20.3 Å². The van der Waals surface area contributed by atoms with Crippen LogP contribution in [0.1, 0.15) is 20.3 Å². The lowest BCUT2D eigenvalue weighted by Crippen LogP contribution is -2.38.